The number of pyridine rings is 1. The van der Waals surface area contributed by atoms with Crippen molar-refractivity contribution in [1.29, 1.82) is 0 Å². The van der Waals surface area contributed by atoms with Crippen LogP contribution in [0, 0.1) is 10.1 Å². The highest BCUT2D eigenvalue weighted by molar-refractivity contribution is 6.40. The number of hydrogen-bond acceptors (Lipinski definition) is 8. The second kappa shape index (κ2) is 10.5. The second-order valence-electron chi connectivity index (χ2n) is 8.54. The molecular formula is C24H19Cl2F3N6O4. The minimum Gasteiger partial charge on any atom is -0.493 e. The number of amides is 1. The van der Waals surface area contributed by atoms with E-state index in [1.807, 2.05) is 0 Å². The number of aromatic nitrogens is 1. The van der Waals surface area contributed by atoms with E-state index >= 15 is 0 Å². The zero-order chi connectivity index (χ0) is 28.6. The molecule has 10 nitrogen and oxygen atoms in total. The summed E-state index contributed by atoms with van der Waals surface area (Å²) < 4.78 is 40.8. The van der Waals surface area contributed by atoms with Crippen LogP contribution in [-0.2, 0) is 0 Å². The summed E-state index contributed by atoms with van der Waals surface area (Å²) in [6.45, 7) is 3.39. The highest BCUT2D eigenvalue weighted by atomic mass is 35.5. The van der Waals surface area contributed by atoms with Crippen LogP contribution in [-0.4, -0.2) is 33.1 Å². The maximum atomic E-state index is 13.6. The van der Waals surface area contributed by atoms with Crippen LogP contribution in [0.5, 0.6) is 0 Å². The lowest BCUT2D eigenvalue weighted by Gasteiger charge is -2.23. The minimum absolute atomic E-state index is 0.0384. The highest BCUT2D eigenvalue weighted by Crippen LogP contribution is 2.41. The Kier molecular flexibility index (Phi) is 7.48. The normalized spacial score (nSPS) is 14.8. The van der Waals surface area contributed by atoms with Gasteiger partial charge in [0.2, 0.25) is 5.88 Å². The number of alkyl halides is 3. The molecule has 1 aliphatic heterocycles. The number of benzene rings is 2. The van der Waals surface area contributed by atoms with Gasteiger partial charge in [-0.1, -0.05) is 35.3 Å². The van der Waals surface area contributed by atoms with Crippen LogP contribution in [0.4, 0.5) is 30.4 Å². The van der Waals surface area contributed by atoms with Crippen molar-refractivity contribution in [2.75, 3.05) is 10.3 Å². The van der Waals surface area contributed by atoms with Crippen molar-refractivity contribution in [1.82, 2.24) is 15.7 Å². The van der Waals surface area contributed by atoms with E-state index in [1.54, 1.807) is 13.8 Å². The number of nitro benzene ring substituents is 1. The Morgan fingerprint density at radius 3 is 2.56 bits per heavy atom. The summed E-state index contributed by atoms with van der Waals surface area (Å²) in [6, 6.07) is 7.96. The van der Waals surface area contributed by atoms with Gasteiger partial charge >= 0.3 is 6.18 Å². The minimum atomic E-state index is -4.84. The highest BCUT2D eigenvalue weighted by Gasteiger charge is 2.41. The first-order valence-electron chi connectivity index (χ1n) is 11.2. The fraction of sp³-hybridized carbons (Fsp3) is 0.167. The molecule has 3 aromatic rings. The van der Waals surface area contributed by atoms with E-state index in [-0.39, 0.29) is 49.6 Å². The van der Waals surface area contributed by atoms with Gasteiger partial charge in [0, 0.05) is 18.3 Å². The van der Waals surface area contributed by atoms with Gasteiger partial charge in [0.15, 0.2) is 5.82 Å². The van der Waals surface area contributed by atoms with E-state index in [1.165, 1.54) is 42.6 Å². The number of non-ortho nitro benzene ring substituents is 1. The van der Waals surface area contributed by atoms with Gasteiger partial charge in [-0.05, 0) is 43.5 Å². The van der Waals surface area contributed by atoms with Crippen LogP contribution in [0.1, 0.15) is 24.2 Å². The molecule has 4 N–H and O–H groups in total. The van der Waals surface area contributed by atoms with Gasteiger partial charge in [-0.3, -0.25) is 20.3 Å². The van der Waals surface area contributed by atoms with Gasteiger partial charge in [-0.2, -0.15) is 13.2 Å². The number of fused-ring (bicyclic) bond motifs is 1. The van der Waals surface area contributed by atoms with Crippen LogP contribution in [0.3, 0.4) is 0 Å². The lowest BCUT2D eigenvalue weighted by Crippen LogP contribution is -2.36. The Morgan fingerprint density at radius 2 is 1.95 bits per heavy atom. The molecule has 0 radical (unpaired) electrons. The van der Waals surface area contributed by atoms with E-state index in [4.69, 9.17) is 23.2 Å². The molecule has 0 aliphatic carbocycles. The molecule has 0 unspecified atom stereocenters. The van der Waals surface area contributed by atoms with E-state index in [0.717, 1.165) is 5.01 Å². The van der Waals surface area contributed by atoms with Crippen LogP contribution in [0.2, 0.25) is 10.0 Å². The van der Waals surface area contributed by atoms with Crippen LogP contribution < -0.4 is 21.1 Å². The zero-order valence-corrected chi connectivity index (χ0v) is 21.6. The van der Waals surface area contributed by atoms with Gasteiger partial charge in [0.05, 0.1) is 31.6 Å². The first-order valence-corrected chi connectivity index (χ1v) is 11.9. The van der Waals surface area contributed by atoms with E-state index in [0.29, 0.717) is 6.08 Å². The molecule has 4 rings (SSSR count). The number of nitrogens with zero attached hydrogens (tertiary/aromatic N) is 3. The molecule has 2 aromatic carbocycles. The number of allylic oxidation sites excluding steroid dienone is 2. The number of halogens is 5. The standard InChI is InChI=1S/C24H19Cl2F3N6O4/c1-11(2)31-22(36)13-9-12-5-3-7-15(35(38)39)18(12)19(26)20(13)32-23(37)16-10-17(24(27,28)29)33-34(16)21-14(25)6-4-8-30-21/h3-11,32-33,37H,1-2H3,(H,31,36). The fourth-order valence-electron chi connectivity index (χ4n) is 3.81. The smallest absolute Gasteiger partial charge is 0.432 e. The lowest BCUT2D eigenvalue weighted by molar-refractivity contribution is -0.383. The Hall–Kier alpha value is -4.23. The maximum Gasteiger partial charge on any atom is 0.432 e. The molecule has 0 bridgehead atoms. The monoisotopic (exact) mass is 582 g/mol. The lowest BCUT2D eigenvalue weighted by atomic mass is 10.0. The Balaban J connectivity index is 1.94. The average Bonchev–Trinajstić information content (AvgIpc) is 3.31. The van der Waals surface area contributed by atoms with E-state index < -0.39 is 34.3 Å². The number of aliphatic hydroxyl groups is 1. The van der Waals surface area contributed by atoms with E-state index in [2.05, 4.69) is 21.0 Å². The zero-order valence-electron chi connectivity index (χ0n) is 20.1. The molecule has 0 saturated heterocycles. The molecule has 1 aromatic heterocycles. The molecule has 204 valence electrons. The Labute approximate surface area is 228 Å². The summed E-state index contributed by atoms with van der Waals surface area (Å²) in [5.41, 5.74) is -0.401. The van der Waals surface area contributed by atoms with Crippen molar-refractivity contribution in [3.8, 4) is 0 Å². The summed E-state index contributed by atoms with van der Waals surface area (Å²) in [7, 11) is 0. The number of nitro groups is 1. The number of rotatable bonds is 6. The third kappa shape index (κ3) is 5.49. The predicted molar refractivity (Wildman–Crippen MR) is 140 cm³/mol. The van der Waals surface area contributed by atoms with Crippen molar-refractivity contribution in [3.05, 3.63) is 91.7 Å². The van der Waals surface area contributed by atoms with Gasteiger partial charge in [0.25, 0.3) is 11.6 Å². The summed E-state index contributed by atoms with van der Waals surface area (Å²) in [5.74, 6) is -1.71. The SMILES string of the molecule is CC(C)NC(=O)c1cc2cccc([N+](=O)[O-])c2c(Cl)c1NC(O)=C1C=C(C(F)(F)F)NN1c1ncccc1Cl. The summed E-state index contributed by atoms with van der Waals surface area (Å²) in [6.07, 6.45) is -2.96. The Morgan fingerprint density at radius 1 is 1.23 bits per heavy atom. The van der Waals surface area contributed by atoms with Crippen molar-refractivity contribution in [3.63, 3.8) is 0 Å². The van der Waals surface area contributed by atoms with Crippen LogP contribution in [0.15, 0.2) is 65.9 Å². The Bertz CT molecular complexity index is 1560. The molecule has 1 amide bonds. The predicted octanol–water partition coefficient (Wildman–Crippen LogP) is 6.20. The van der Waals surface area contributed by atoms with Crippen LogP contribution >= 0.6 is 23.2 Å². The van der Waals surface area contributed by atoms with E-state index in [9.17, 15) is 33.2 Å². The first kappa shape index (κ1) is 27.8. The van der Waals surface area contributed by atoms with Gasteiger partial charge < -0.3 is 15.7 Å². The molecule has 39 heavy (non-hydrogen) atoms. The number of aliphatic hydroxyl groups excluding tert-OH is 1. The molecule has 0 saturated carbocycles. The second-order valence-corrected chi connectivity index (χ2v) is 9.33. The third-order valence-corrected chi connectivity index (χ3v) is 6.11. The molecule has 1 aliphatic rings. The van der Waals surface area contributed by atoms with Crippen molar-refractivity contribution in [2.45, 2.75) is 26.1 Å². The van der Waals surface area contributed by atoms with Crippen LogP contribution in [0.25, 0.3) is 10.8 Å². The fourth-order valence-corrected chi connectivity index (χ4v) is 4.37. The molecule has 2 heterocycles. The maximum absolute atomic E-state index is 13.6. The molecule has 0 fully saturated rings. The number of carbonyl (C=O) groups is 1. The summed E-state index contributed by atoms with van der Waals surface area (Å²) >= 11 is 12.7. The quantitative estimate of drug-likeness (QED) is 0.153. The number of hydrogen-bond donors (Lipinski definition) is 4. The number of carbonyl (C=O) groups excluding carboxylic acids is 1. The third-order valence-electron chi connectivity index (χ3n) is 5.44. The molecule has 0 spiro atoms. The topological polar surface area (TPSA) is 133 Å². The largest absolute Gasteiger partial charge is 0.493 e. The van der Waals surface area contributed by atoms with Crippen molar-refractivity contribution in [2.24, 2.45) is 0 Å². The molecular weight excluding hydrogens is 564 g/mol. The molecule has 15 heteroatoms. The first-order chi connectivity index (χ1) is 18.3. The average molecular weight is 583 g/mol. The van der Waals surface area contributed by atoms with Gasteiger partial charge in [-0.15, -0.1) is 0 Å². The van der Waals surface area contributed by atoms with Crippen molar-refractivity contribution < 1.29 is 28.0 Å². The number of hydrazine groups is 1. The summed E-state index contributed by atoms with van der Waals surface area (Å²) in [5, 5.41) is 28.5. The molecule has 0 atom stereocenters. The number of anilines is 2. The summed E-state index contributed by atoms with van der Waals surface area (Å²) in [4.78, 5) is 28.0. The van der Waals surface area contributed by atoms with Gasteiger partial charge in [-0.25, -0.2) is 9.99 Å². The van der Waals surface area contributed by atoms with Gasteiger partial charge in [0.1, 0.15) is 11.4 Å². The van der Waals surface area contributed by atoms with Crippen molar-refractivity contribution >= 4 is 57.1 Å². The number of nitrogens with one attached hydrogen (secondary N) is 3.